The first-order chi connectivity index (χ1) is 11.4. The predicted octanol–water partition coefficient (Wildman–Crippen LogP) is 2.38. The van der Waals surface area contributed by atoms with Crippen LogP contribution >= 0.6 is 0 Å². The quantitative estimate of drug-likeness (QED) is 0.390. The number of benzene rings is 2. The number of amides is 2. The van der Waals surface area contributed by atoms with Gasteiger partial charge in [0.25, 0.3) is 11.8 Å². The van der Waals surface area contributed by atoms with E-state index in [1.807, 2.05) is 0 Å². The molecular formula is C17H12N2O5. The smallest absolute Gasteiger partial charge is 0.335 e. The molecule has 1 aliphatic rings. The summed E-state index contributed by atoms with van der Waals surface area (Å²) in [5.41, 5.74) is 1.58. The summed E-state index contributed by atoms with van der Waals surface area (Å²) in [5.74, 6) is -2.25. The molecule has 0 unspecified atom stereocenters. The number of hydrogen-bond donors (Lipinski definition) is 2. The van der Waals surface area contributed by atoms with Crippen molar-refractivity contribution in [2.24, 2.45) is 5.16 Å². The predicted molar refractivity (Wildman–Crippen MR) is 85.0 cm³/mol. The molecule has 0 saturated carbocycles. The second-order valence-electron chi connectivity index (χ2n) is 5.24. The van der Waals surface area contributed by atoms with Crippen molar-refractivity contribution in [3.05, 3.63) is 64.7 Å². The van der Waals surface area contributed by atoms with Crippen molar-refractivity contribution >= 4 is 29.2 Å². The number of nitrogens with zero attached hydrogens (tertiary/aromatic N) is 2. The number of fused-ring (bicyclic) bond motifs is 1. The Balaban J connectivity index is 2.00. The summed E-state index contributed by atoms with van der Waals surface area (Å²) in [4.78, 5) is 37.0. The molecule has 0 radical (unpaired) electrons. The van der Waals surface area contributed by atoms with Gasteiger partial charge < -0.3 is 10.3 Å². The minimum Gasteiger partial charge on any atom is -0.478 e. The second kappa shape index (κ2) is 5.62. The molecule has 0 bridgehead atoms. The molecule has 1 heterocycles. The number of rotatable bonds is 3. The van der Waals surface area contributed by atoms with Crippen LogP contribution in [0.25, 0.3) is 0 Å². The van der Waals surface area contributed by atoms with E-state index in [4.69, 9.17) is 10.3 Å². The van der Waals surface area contributed by atoms with E-state index in [-0.39, 0.29) is 16.7 Å². The number of aromatic carboxylic acids is 1. The molecule has 1 aliphatic heterocycles. The van der Waals surface area contributed by atoms with Gasteiger partial charge in [-0.1, -0.05) is 17.3 Å². The van der Waals surface area contributed by atoms with E-state index in [1.54, 1.807) is 31.2 Å². The van der Waals surface area contributed by atoms with Gasteiger partial charge in [0.15, 0.2) is 0 Å². The maximum atomic E-state index is 12.5. The highest BCUT2D eigenvalue weighted by Gasteiger charge is 2.37. The molecule has 0 aliphatic carbocycles. The molecule has 24 heavy (non-hydrogen) atoms. The Morgan fingerprint density at radius 2 is 1.54 bits per heavy atom. The third-order valence-electron chi connectivity index (χ3n) is 3.83. The van der Waals surface area contributed by atoms with E-state index in [9.17, 15) is 14.4 Å². The van der Waals surface area contributed by atoms with Crippen LogP contribution < -0.4 is 4.90 Å². The van der Waals surface area contributed by atoms with Crippen LogP contribution in [0.5, 0.6) is 0 Å². The molecule has 3 rings (SSSR count). The lowest BCUT2D eigenvalue weighted by Crippen LogP contribution is -2.29. The van der Waals surface area contributed by atoms with Gasteiger partial charge in [-0.05, 0) is 42.8 Å². The summed E-state index contributed by atoms with van der Waals surface area (Å²) < 4.78 is 0. The molecule has 0 fully saturated rings. The average Bonchev–Trinajstić information content (AvgIpc) is 2.85. The van der Waals surface area contributed by atoms with Crippen LogP contribution in [-0.4, -0.2) is 33.8 Å². The highest BCUT2D eigenvalue weighted by Crippen LogP contribution is 2.29. The molecule has 2 N–H and O–H groups in total. The molecule has 7 nitrogen and oxygen atoms in total. The van der Waals surface area contributed by atoms with Crippen molar-refractivity contribution in [3.63, 3.8) is 0 Å². The number of hydrogen-bond acceptors (Lipinski definition) is 5. The number of carbonyl (C=O) groups excluding carboxylic acids is 2. The Bertz CT molecular complexity index is 900. The summed E-state index contributed by atoms with van der Waals surface area (Å²) in [7, 11) is 0. The van der Waals surface area contributed by atoms with Crippen LogP contribution in [0, 0.1) is 0 Å². The second-order valence-corrected chi connectivity index (χ2v) is 5.24. The number of oxime groups is 1. The number of imide groups is 1. The van der Waals surface area contributed by atoms with E-state index < -0.39 is 17.8 Å². The fourth-order valence-electron chi connectivity index (χ4n) is 2.52. The molecule has 0 spiro atoms. The van der Waals surface area contributed by atoms with Crippen LogP contribution in [0.1, 0.15) is 43.6 Å². The van der Waals surface area contributed by atoms with Gasteiger partial charge in [-0.25, -0.2) is 9.69 Å². The molecule has 0 atom stereocenters. The van der Waals surface area contributed by atoms with Gasteiger partial charge >= 0.3 is 5.97 Å². The van der Waals surface area contributed by atoms with Crippen molar-refractivity contribution in [2.75, 3.05) is 4.90 Å². The monoisotopic (exact) mass is 324 g/mol. The van der Waals surface area contributed by atoms with Gasteiger partial charge in [0.2, 0.25) is 0 Å². The Morgan fingerprint density at radius 1 is 0.958 bits per heavy atom. The first-order valence-corrected chi connectivity index (χ1v) is 6.99. The summed E-state index contributed by atoms with van der Waals surface area (Å²) in [6, 6.07) is 10.2. The Labute approximate surface area is 136 Å². The highest BCUT2D eigenvalue weighted by molar-refractivity contribution is 6.34. The van der Waals surface area contributed by atoms with Gasteiger partial charge in [0, 0.05) is 0 Å². The van der Waals surface area contributed by atoms with Gasteiger partial charge in [-0.2, -0.15) is 0 Å². The van der Waals surface area contributed by atoms with Crippen LogP contribution in [0.4, 0.5) is 5.69 Å². The highest BCUT2D eigenvalue weighted by atomic mass is 16.4. The maximum absolute atomic E-state index is 12.5. The topological polar surface area (TPSA) is 107 Å². The molecule has 2 aromatic carbocycles. The summed E-state index contributed by atoms with van der Waals surface area (Å²) >= 11 is 0. The standard InChI is InChI=1S/C17H12N2O5/c1-9(18-24)10-2-5-12(6-3-10)19-15(20)13-7-4-11(17(22)23)8-14(13)16(19)21/h2-8,24H,1H3,(H,22,23)/b18-9-. The fourth-order valence-corrected chi connectivity index (χ4v) is 2.52. The number of anilines is 1. The largest absolute Gasteiger partial charge is 0.478 e. The molecule has 7 heteroatoms. The Hall–Kier alpha value is -3.48. The first kappa shape index (κ1) is 15.4. The summed E-state index contributed by atoms with van der Waals surface area (Å²) in [6.45, 7) is 1.62. The van der Waals surface area contributed by atoms with E-state index in [0.29, 0.717) is 17.0 Å². The van der Waals surface area contributed by atoms with Crippen LogP contribution in [-0.2, 0) is 0 Å². The minimum atomic E-state index is -1.17. The van der Waals surface area contributed by atoms with Crippen LogP contribution in [0.15, 0.2) is 47.6 Å². The summed E-state index contributed by atoms with van der Waals surface area (Å²) in [5, 5.41) is 20.9. The third kappa shape index (κ3) is 2.32. The molecule has 120 valence electrons. The van der Waals surface area contributed by atoms with Crippen molar-refractivity contribution in [2.45, 2.75) is 6.92 Å². The molecule has 2 aromatic rings. The average molecular weight is 324 g/mol. The fraction of sp³-hybridized carbons (Fsp3) is 0.0588. The van der Waals surface area contributed by atoms with E-state index >= 15 is 0 Å². The van der Waals surface area contributed by atoms with Gasteiger partial charge in [0.1, 0.15) is 0 Å². The summed E-state index contributed by atoms with van der Waals surface area (Å²) in [6.07, 6.45) is 0. The Morgan fingerprint density at radius 3 is 2.12 bits per heavy atom. The van der Waals surface area contributed by atoms with Gasteiger partial charge in [-0.15, -0.1) is 0 Å². The number of carboxylic acid groups (broad SMARTS) is 1. The van der Waals surface area contributed by atoms with Crippen molar-refractivity contribution in [1.82, 2.24) is 0 Å². The van der Waals surface area contributed by atoms with Crippen LogP contribution in [0.3, 0.4) is 0 Å². The van der Waals surface area contributed by atoms with Gasteiger partial charge in [0.05, 0.1) is 28.1 Å². The minimum absolute atomic E-state index is 0.0538. The van der Waals surface area contributed by atoms with E-state index in [1.165, 1.54) is 18.2 Å². The lowest BCUT2D eigenvalue weighted by atomic mass is 10.1. The lowest BCUT2D eigenvalue weighted by Gasteiger charge is -2.14. The zero-order valence-corrected chi connectivity index (χ0v) is 12.6. The van der Waals surface area contributed by atoms with E-state index in [2.05, 4.69) is 5.16 Å². The first-order valence-electron chi connectivity index (χ1n) is 6.99. The number of carboxylic acids is 1. The number of carbonyl (C=O) groups is 3. The van der Waals surface area contributed by atoms with Crippen molar-refractivity contribution in [3.8, 4) is 0 Å². The lowest BCUT2D eigenvalue weighted by molar-refractivity contribution is 0.0696. The van der Waals surface area contributed by atoms with E-state index in [0.717, 1.165) is 4.90 Å². The Kier molecular flexibility index (Phi) is 3.61. The molecule has 2 amide bonds. The normalized spacial score (nSPS) is 14.0. The van der Waals surface area contributed by atoms with Crippen molar-refractivity contribution in [1.29, 1.82) is 0 Å². The van der Waals surface area contributed by atoms with Crippen LogP contribution in [0.2, 0.25) is 0 Å². The molecule has 0 saturated heterocycles. The third-order valence-corrected chi connectivity index (χ3v) is 3.83. The molecular weight excluding hydrogens is 312 g/mol. The molecule has 0 aromatic heterocycles. The van der Waals surface area contributed by atoms with Gasteiger partial charge in [-0.3, -0.25) is 9.59 Å². The van der Waals surface area contributed by atoms with Crippen molar-refractivity contribution < 1.29 is 24.7 Å². The maximum Gasteiger partial charge on any atom is 0.335 e. The SMILES string of the molecule is C/C(=N/O)c1ccc(N2C(=O)c3ccc(C(=O)O)cc3C2=O)cc1. The zero-order valence-electron chi connectivity index (χ0n) is 12.6. The zero-order chi connectivity index (χ0) is 17.4.